The summed E-state index contributed by atoms with van der Waals surface area (Å²) in [6.07, 6.45) is 6.28. The van der Waals surface area contributed by atoms with Crippen LogP contribution >= 0.6 is 0 Å². The molecule has 2 atom stereocenters. The molecule has 1 aliphatic carbocycles. The summed E-state index contributed by atoms with van der Waals surface area (Å²) in [5, 5.41) is 0. The third-order valence-corrected chi connectivity index (χ3v) is 4.98. The van der Waals surface area contributed by atoms with Crippen molar-refractivity contribution >= 4 is 0 Å². The monoisotopic (exact) mass is 246 g/mol. The minimum absolute atomic E-state index is 0.433. The smallest absolute Gasteiger partial charge is 0.109 e. The lowest BCUT2D eigenvalue weighted by atomic mass is 9.72. The molecule has 2 heterocycles. The van der Waals surface area contributed by atoms with Gasteiger partial charge in [-0.3, -0.25) is 0 Å². The highest BCUT2D eigenvalue weighted by atomic mass is 15.1. The number of hydrogen-bond acceptors (Lipinski definition) is 1. The van der Waals surface area contributed by atoms with E-state index in [0.29, 0.717) is 5.41 Å². The van der Waals surface area contributed by atoms with Crippen LogP contribution in [0.1, 0.15) is 57.7 Å². The summed E-state index contributed by atoms with van der Waals surface area (Å²) in [6.45, 7) is 10.7. The third kappa shape index (κ3) is 2.00. The van der Waals surface area contributed by atoms with Crippen LogP contribution in [-0.4, -0.2) is 9.55 Å². The number of aromatic nitrogens is 2. The number of aryl methyl sites for hydroxylation is 2. The van der Waals surface area contributed by atoms with Gasteiger partial charge in [0.15, 0.2) is 0 Å². The van der Waals surface area contributed by atoms with Crippen LogP contribution in [0.25, 0.3) is 0 Å². The van der Waals surface area contributed by atoms with E-state index >= 15 is 0 Å². The summed E-state index contributed by atoms with van der Waals surface area (Å²) < 4.78 is 2.56. The van der Waals surface area contributed by atoms with Crippen molar-refractivity contribution in [2.75, 3.05) is 0 Å². The second-order valence-electron chi connectivity index (χ2n) is 7.48. The molecule has 0 saturated carbocycles. The van der Waals surface area contributed by atoms with E-state index in [-0.39, 0.29) is 0 Å². The largest absolute Gasteiger partial charge is 0.331 e. The first kappa shape index (κ1) is 12.3. The van der Waals surface area contributed by atoms with Gasteiger partial charge in [0.25, 0.3) is 0 Å². The Balaban J connectivity index is 1.93. The van der Waals surface area contributed by atoms with E-state index in [1.165, 1.54) is 50.2 Å². The molecular formula is C16H26N2. The van der Waals surface area contributed by atoms with Gasteiger partial charge in [0.1, 0.15) is 5.82 Å². The molecule has 2 heteroatoms. The van der Waals surface area contributed by atoms with Gasteiger partial charge in [-0.15, -0.1) is 0 Å². The van der Waals surface area contributed by atoms with E-state index < -0.39 is 0 Å². The fourth-order valence-corrected chi connectivity index (χ4v) is 3.59. The predicted octanol–water partition coefficient (Wildman–Crippen LogP) is 3.62. The molecule has 0 amide bonds. The lowest BCUT2D eigenvalue weighted by molar-refractivity contribution is 0.210. The van der Waals surface area contributed by atoms with Crippen LogP contribution in [0.5, 0.6) is 0 Å². The Kier molecular flexibility index (Phi) is 2.80. The highest BCUT2D eigenvalue weighted by Gasteiger charge is 2.33. The molecule has 0 N–H and O–H groups in total. The molecule has 1 aromatic rings. The Hall–Kier alpha value is -0.790. The van der Waals surface area contributed by atoms with Crippen molar-refractivity contribution in [3.05, 3.63) is 17.2 Å². The summed E-state index contributed by atoms with van der Waals surface area (Å²) in [5.41, 5.74) is 3.42. The third-order valence-electron chi connectivity index (χ3n) is 4.98. The van der Waals surface area contributed by atoms with Crippen molar-refractivity contribution < 1.29 is 0 Å². The van der Waals surface area contributed by atoms with Gasteiger partial charge in [0.2, 0.25) is 0 Å². The Bertz CT molecular complexity index is 450. The molecule has 0 fully saturated rings. The van der Waals surface area contributed by atoms with Crippen molar-refractivity contribution in [3.63, 3.8) is 0 Å². The van der Waals surface area contributed by atoms with Crippen molar-refractivity contribution in [2.24, 2.45) is 17.3 Å². The molecule has 0 radical (unpaired) electrons. The van der Waals surface area contributed by atoms with Crippen molar-refractivity contribution in [1.29, 1.82) is 0 Å². The zero-order valence-corrected chi connectivity index (χ0v) is 12.3. The standard InChI is InChI=1S/C16H26N2/c1-11-5-8-15-17-13-7-6-12(16(2,3)4)9-14(13)18(15)10-11/h11-12H,5-10H2,1-4H3. The fraction of sp³-hybridized carbons (Fsp3) is 0.812. The van der Waals surface area contributed by atoms with Crippen LogP contribution in [0.4, 0.5) is 0 Å². The van der Waals surface area contributed by atoms with Gasteiger partial charge < -0.3 is 4.57 Å². The Morgan fingerprint density at radius 3 is 2.67 bits per heavy atom. The lowest BCUT2D eigenvalue weighted by Crippen LogP contribution is -2.29. The molecule has 1 aliphatic heterocycles. The summed E-state index contributed by atoms with van der Waals surface area (Å²) in [5.74, 6) is 3.02. The molecule has 2 nitrogen and oxygen atoms in total. The maximum atomic E-state index is 4.91. The SMILES string of the molecule is CC1CCc2nc3c(n2C1)CC(C(C)(C)C)CC3. The predicted molar refractivity (Wildman–Crippen MR) is 74.7 cm³/mol. The van der Waals surface area contributed by atoms with E-state index in [1.54, 1.807) is 5.69 Å². The summed E-state index contributed by atoms with van der Waals surface area (Å²) in [4.78, 5) is 4.91. The summed E-state index contributed by atoms with van der Waals surface area (Å²) in [7, 11) is 0. The molecule has 1 aromatic heterocycles. The van der Waals surface area contributed by atoms with Crippen LogP contribution in [0.2, 0.25) is 0 Å². The van der Waals surface area contributed by atoms with Gasteiger partial charge in [0, 0.05) is 18.7 Å². The number of rotatable bonds is 0. The normalized spacial score (nSPS) is 27.8. The first-order valence-corrected chi connectivity index (χ1v) is 7.52. The average Bonchev–Trinajstić information content (AvgIpc) is 2.65. The second-order valence-corrected chi connectivity index (χ2v) is 7.48. The zero-order valence-electron chi connectivity index (χ0n) is 12.3. The maximum Gasteiger partial charge on any atom is 0.109 e. The number of fused-ring (bicyclic) bond motifs is 3. The van der Waals surface area contributed by atoms with Crippen molar-refractivity contribution in [2.45, 2.75) is 66.3 Å². The molecule has 0 saturated heterocycles. The highest BCUT2D eigenvalue weighted by molar-refractivity contribution is 5.23. The van der Waals surface area contributed by atoms with Gasteiger partial charge in [-0.2, -0.15) is 0 Å². The van der Waals surface area contributed by atoms with Gasteiger partial charge >= 0.3 is 0 Å². The zero-order chi connectivity index (χ0) is 12.9. The molecule has 2 unspecified atom stereocenters. The molecule has 0 spiro atoms. The Labute approximate surface area is 111 Å². The van der Waals surface area contributed by atoms with Gasteiger partial charge in [-0.05, 0) is 42.9 Å². The van der Waals surface area contributed by atoms with Crippen LogP contribution in [0, 0.1) is 17.3 Å². The van der Waals surface area contributed by atoms with Crippen molar-refractivity contribution in [3.8, 4) is 0 Å². The second kappa shape index (κ2) is 4.11. The first-order chi connectivity index (χ1) is 8.45. The van der Waals surface area contributed by atoms with Gasteiger partial charge in [-0.25, -0.2) is 4.98 Å². The quantitative estimate of drug-likeness (QED) is 0.683. The van der Waals surface area contributed by atoms with E-state index in [2.05, 4.69) is 32.3 Å². The topological polar surface area (TPSA) is 17.8 Å². The van der Waals surface area contributed by atoms with Crippen LogP contribution in [-0.2, 0) is 25.8 Å². The van der Waals surface area contributed by atoms with Gasteiger partial charge in [0.05, 0.1) is 5.69 Å². The van der Waals surface area contributed by atoms with E-state index in [9.17, 15) is 0 Å². The number of hydrogen-bond donors (Lipinski definition) is 0. The minimum Gasteiger partial charge on any atom is -0.331 e. The molecule has 3 rings (SSSR count). The van der Waals surface area contributed by atoms with Crippen LogP contribution < -0.4 is 0 Å². The fourth-order valence-electron chi connectivity index (χ4n) is 3.59. The maximum absolute atomic E-state index is 4.91. The van der Waals surface area contributed by atoms with E-state index in [1.807, 2.05) is 0 Å². The van der Waals surface area contributed by atoms with Gasteiger partial charge in [-0.1, -0.05) is 27.7 Å². The Morgan fingerprint density at radius 2 is 1.94 bits per heavy atom. The van der Waals surface area contributed by atoms with E-state index in [4.69, 9.17) is 4.98 Å². The highest BCUT2D eigenvalue weighted by Crippen LogP contribution is 2.38. The number of nitrogens with zero attached hydrogens (tertiary/aromatic N) is 2. The molecule has 0 bridgehead atoms. The van der Waals surface area contributed by atoms with E-state index in [0.717, 1.165) is 11.8 Å². The first-order valence-electron chi connectivity index (χ1n) is 7.52. The average molecular weight is 246 g/mol. The molecular weight excluding hydrogens is 220 g/mol. The molecule has 18 heavy (non-hydrogen) atoms. The molecule has 0 aromatic carbocycles. The lowest BCUT2D eigenvalue weighted by Gasteiger charge is -2.34. The molecule has 100 valence electrons. The molecule has 2 aliphatic rings. The number of imidazole rings is 1. The van der Waals surface area contributed by atoms with Crippen LogP contribution in [0.3, 0.4) is 0 Å². The van der Waals surface area contributed by atoms with Crippen molar-refractivity contribution in [1.82, 2.24) is 9.55 Å². The summed E-state index contributed by atoms with van der Waals surface area (Å²) >= 11 is 0. The van der Waals surface area contributed by atoms with Crippen LogP contribution in [0.15, 0.2) is 0 Å². The Morgan fingerprint density at radius 1 is 1.17 bits per heavy atom. The summed E-state index contributed by atoms with van der Waals surface area (Å²) in [6, 6.07) is 0. The minimum atomic E-state index is 0.433.